The molecule has 3 heterocycles. The molecule has 0 aliphatic carbocycles. The lowest BCUT2D eigenvalue weighted by atomic mass is 9.77. The van der Waals surface area contributed by atoms with Crippen LogP contribution in [0.3, 0.4) is 0 Å². The van der Waals surface area contributed by atoms with Gasteiger partial charge in [-0.25, -0.2) is 8.78 Å². The number of rotatable bonds is 3. The first kappa shape index (κ1) is 18.3. The highest BCUT2D eigenvalue weighted by molar-refractivity contribution is 5.82. The Morgan fingerprint density at radius 1 is 1.22 bits per heavy atom. The van der Waals surface area contributed by atoms with E-state index >= 15 is 0 Å². The summed E-state index contributed by atoms with van der Waals surface area (Å²) < 4.78 is 26.5. The van der Waals surface area contributed by atoms with Crippen molar-refractivity contribution in [3.05, 3.63) is 35.4 Å². The molecule has 4 rings (SSSR count). The number of halogens is 2. The number of benzene rings is 1. The second-order valence-electron chi connectivity index (χ2n) is 8.15. The van der Waals surface area contributed by atoms with Gasteiger partial charge < -0.3 is 15.1 Å². The molecule has 1 aromatic rings. The molecule has 2 amide bonds. The molecule has 1 N–H and O–H groups in total. The van der Waals surface area contributed by atoms with Crippen LogP contribution in [0.1, 0.15) is 37.7 Å². The Labute approximate surface area is 157 Å². The monoisotopic (exact) mass is 377 g/mol. The van der Waals surface area contributed by atoms with Crippen LogP contribution in [-0.4, -0.2) is 53.8 Å². The summed E-state index contributed by atoms with van der Waals surface area (Å²) in [5.41, 5.74) is 0.495. The highest BCUT2D eigenvalue weighted by Gasteiger charge is 2.45. The third kappa shape index (κ3) is 3.70. The fraction of sp³-hybridized carbons (Fsp3) is 0.600. The van der Waals surface area contributed by atoms with Crippen molar-refractivity contribution in [1.82, 2.24) is 15.1 Å². The number of carbonyl (C=O) groups excluding carboxylic acids is 2. The maximum Gasteiger partial charge on any atom is 0.239 e. The summed E-state index contributed by atoms with van der Waals surface area (Å²) in [4.78, 5) is 28.7. The van der Waals surface area contributed by atoms with Gasteiger partial charge in [-0.15, -0.1) is 0 Å². The van der Waals surface area contributed by atoms with Crippen molar-refractivity contribution in [3.63, 3.8) is 0 Å². The van der Waals surface area contributed by atoms with E-state index in [1.807, 2.05) is 4.90 Å². The van der Waals surface area contributed by atoms with E-state index in [9.17, 15) is 18.4 Å². The molecule has 5 nitrogen and oxygen atoms in total. The zero-order chi connectivity index (χ0) is 19.0. The molecule has 0 aromatic heterocycles. The summed E-state index contributed by atoms with van der Waals surface area (Å²) in [6.45, 7) is 3.19. The first-order chi connectivity index (χ1) is 13.0. The first-order valence-electron chi connectivity index (χ1n) is 9.70. The zero-order valence-corrected chi connectivity index (χ0v) is 15.3. The van der Waals surface area contributed by atoms with E-state index in [0.29, 0.717) is 38.2 Å². The predicted octanol–water partition coefficient (Wildman–Crippen LogP) is 2.06. The minimum Gasteiger partial charge on any atom is -0.341 e. The minimum atomic E-state index is -0.888. The third-order valence-corrected chi connectivity index (χ3v) is 6.26. The molecule has 1 spiro atoms. The molecule has 1 atom stereocenters. The smallest absolute Gasteiger partial charge is 0.239 e. The molecular formula is C20H25F2N3O2. The van der Waals surface area contributed by atoms with Crippen molar-refractivity contribution >= 4 is 11.8 Å². The highest BCUT2D eigenvalue weighted by atomic mass is 19.2. The zero-order valence-electron chi connectivity index (χ0n) is 15.3. The van der Waals surface area contributed by atoms with E-state index in [4.69, 9.17) is 0 Å². The Balaban J connectivity index is 1.36. The molecule has 3 saturated heterocycles. The number of carbonyl (C=O) groups is 2. The van der Waals surface area contributed by atoms with Crippen molar-refractivity contribution in [3.8, 4) is 0 Å². The van der Waals surface area contributed by atoms with Gasteiger partial charge in [0, 0.05) is 38.0 Å². The summed E-state index contributed by atoms with van der Waals surface area (Å²) in [6.07, 6.45) is 4.04. The van der Waals surface area contributed by atoms with Crippen LogP contribution in [-0.2, 0) is 16.1 Å². The van der Waals surface area contributed by atoms with Gasteiger partial charge in [-0.2, -0.15) is 0 Å². The van der Waals surface area contributed by atoms with Crippen molar-refractivity contribution < 1.29 is 18.4 Å². The molecular weight excluding hydrogens is 352 g/mol. The summed E-state index contributed by atoms with van der Waals surface area (Å²) in [5, 5.41) is 3.25. The van der Waals surface area contributed by atoms with Crippen LogP contribution >= 0.6 is 0 Å². The minimum absolute atomic E-state index is 0.0471. The van der Waals surface area contributed by atoms with Crippen LogP contribution in [0.25, 0.3) is 0 Å². The number of hydrogen-bond acceptors (Lipinski definition) is 3. The van der Waals surface area contributed by atoms with E-state index in [0.717, 1.165) is 44.4 Å². The molecule has 3 aliphatic heterocycles. The lowest BCUT2D eigenvalue weighted by Crippen LogP contribution is -2.49. The second kappa shape index (κ2) is 7.19. The van der Waals surface area contributed by atoms with Gasteiger partial charge in [0.2, 0.25) is 11.8 Å². The van der Waals surface area contributed by atoms with Crippen molar-refractivity contribution in [2.45, 2.75) is 44.7 Å². The summed E-state index contributed by atoms with van der Waals surface area (Å²) in [6, 6.07) is 3.73. The van der Waals surface area contributed by atoms with Gasteiger partial charge in [-0.05, 0) is 49.9 Å². The van der Waals surface area contributed by atoms with Crippen molar-refractivity contribution in [1.29, 1.82) is 0 Å². The third-order valence-electron chi connectivity index (χ3n) is 6.26. The quantitative estimate of drug-likeness (QED) is 0.877. The van der Waals surface area contributed by atoms with Crippen molar-refractivity contribution in [2.24, 2.45) is 5.41 Å². The number of likely N-dealkylation sites (tertiary alicyclic amines) is 2. The molecule has 0 saturated carbocycles. The highest BCUT2D eigenvalue weighted by Crippen LogP contribution is 2.41. The van der Waals surface area contributed by atoms with Gasteiger partial charge in [-0.1, -0.05) is 6.07 Å². The predicted molar refractivity (Wildman–Crippen MR) is 95.7 cm³/mol. The summed E-state index contributed by atoms with van der Waals surface area (Å²) >= 11 is 0. The Kier molecular flexibility index (Phi) is 4.88. The second-order valence-corrected chi connectivity index (χ2v) is 8.15. The van der Waals surface area contributed by atoms with Gasteiger partial charge in [0.25, 0.3) is 0 Å². The molecule has 146 valence electrons. The maximum atomic E-state index is 13.4. The fourth-order valence-electron chi connectivity index (χ4n) is 4.64. The van der Waals surface area contributed by atoms with Gasteiger partial charge >= 0.3 is 0 Å². The molecule has 0 radical (unpaired) electrons. The van der Waals surface area contributed by atoms with Crippen molar-refractivity contribution in [2.75, 3.05) is 26.2 Å². The first-order valence-corrected chi connectivity index (χ1v) is 9.70. The van der Waals surface area contributed by atoms with E-state index < -0.39 is 11.6 Å². The molecule has 3 fully saturated rings. The van der Waals surface area contributed by atoms with Gasteiger partial charge in [-0.3, -0.25) is 9.59 Å². The molecule has 7 heteroatoms. The maximum absolute atomic E-state index is 13.4. The van der Waals surface area contributed by atoms with Gasteiger partial charge in [0.15, 0.2) is 11.6 Å². The van der Waals surface area contributed by atoms with E-state index in [2.05, 4.69) is 5.32 Å². The number of nitrogens with zero attached hydrogens (tertiary/aromatic N) is 2. The van der Waals surface area contributed by atoms with Crippen LogP contribution in [0.4, 0.5) is 8.78 Å². The van der Waals surface area contributed by atoms with E-state index in [1.165, 1.54) is 6.07 Å². The lowest BCUT2D eigenvalue weighted by Gasteiger charge is -2.39. The lowest BCUT2D eigenvalue weighted by molar-refractivity contribution is -0.135. The fourth-order valence-corrected chi connectivity index (χ4v) is 4.64. The average Bonchev–Trinajstić information content (AvgIpc) is 3.28. The number of piperidine rings is 1. The van der Waals surface area contributed by atoms with Crippen LogP contribution in [0.2, 0.25) is 0 Å². The van der Waals surface area contributed by atoms with Gasteiger partial charge in [0.1, 0.15) is 0 Å². The van der Waals surface area contributed by atoms with Crippen LogP contribution < -0.4 is 5.32 Å². The molecule has 27 heavy (non-hydrogen) atoms. The van der Waals surface area contributed by atoms with Crippen LogP contribution in [0.15, 0.2) is 18.2 Å². The molecule has 1 aromatic carbocycles. The Bertz CT molecular complexity index is 741. The number of hydrogen-bond donors (Lipinski definition) is 1. The largest absolute Gasteiger partial charge is 0.341 e. The Morgan fingerprint density at radius 3 is 2.67 bits per heavy atom. The standard InChI is InChI=1S/C20H25F2N3O2/c21-15-4-3-14(10-16(15)22)12-25-13-20(11-18(25)26)5-8-24(9-6-20)19(27)17-2-1-7-23-17/h3-4,10,17,23H,1-2,5-9,11-13H2/t17-/m1/s1. The number of amides is 2. The van der Waals surface area contributed by atoms with Crippen LogP contribution in [0, 0.1) is 17.0 Å². The SMILES string of the molecule is O=C1CC2(CCN(C(=O)[C@H]3CCCN3)CC2)CN1Cc1ccc(F)c(F)c1. The van der Waals surface area contributed by atoms with Crippen LogP contribution in [0.5, 0.6) is 0 Å². The molecule has 0 bridgehead atoms. The Hall–Kier alpha value is -2.02. The number of nitrogens with one attached hydrogen (secondary N) is 1. The average molecular weight is 377 g/mol. The van der Waals surface area contributed by atoms with Gasteiger partial charge in [0.05, 0.1) is 6.04 Å². The Morgan fingerprint density at radius 2 is 2.00 bits per heavy atom. The summed E-state index contributed by atoms with van der Waals surface area (Å²) in [7, 11) is 0. The summed E-state index contributed by atoms with van der Waals surface area (Å²) in [5.74, 6) is -1.53. The normalized spacial score (nSPS) is 24.8. The van der Waals surface area contributed by atoms with E-state index in [1.54, 1.807) is 4.90 Å². The molecule has 3 aliphatic rings. The topological polar surface area (TPSA) is 52.7 Å². The van der Waals surface area contributed by atoms with E-state index in [-0.39, 0.29) is 23.3 Å². The molecule has 0 unspecified atom stereocenters.